The van der Waals surface area contributed by atoms with Crippen LogP contribution in [0.15, 0.2) is 64.5 Å². The summed E-state index contributed by atoms with van der Waals surface area (Å²) in [4.78, 5) is 29.0. The molecule has 0 saturated carbocycles. The molecule has 1 saturated heterocycles. The Labute approximate surface area is 190 Å². The zero-order valence-electron chi connectivity index (χ0n) is 18.0. The van der Waals surface area contributed by atoms with Gasteiger partial charge in [0.15, 0.2) is 5.17 Å². The van der Waals surface area contributed by atoms with Gasteiger partial charge in [-0.3, -0.25) is 4.79 Å². The van der Waals surface area contributed by atoms with Crippen molar-refractivity contribution in [3.05, 3.63) is 87.6 Å². The van der Waals surface area contributed by atoms with Gasteiger partial charge in [-0.05, 0) is 85.6 Å². The molecule has 1 fully saturated rings. The Balaban J connectivity index is 1.62. The molecule has 3 aromatic rings. The number of amidine groups is 1. The minimum atomic E-state index is -0.966. The first kappa shape index (κ1) is 21.6. The van der Waals surface area contributed by atoms with Crippen LogP contribution in [0.3, 0.4) is 0 Å². The Morgan fingerprint density at radius 1 is 1.16 bits per heavy atom. The quantitative estimate of drug-likeness (QED) is 0.526. The Kier molecular flexibility index (Phi) is 6.01. The molecule has 32 heavy (non-hydrogen) atoms. The SMILES string of the molecule is CCc1ccc(N=C2NC(=O)/C(=C/c3cc(C)n(-c4cccc(C(=O)O)c4)c3C)S2)cc1. The summed E-state index contributed by atoms with van der Waals surface area (Å²) < 4.78 is 1.99. The number of aryl methyl sites for hydroxylation is 2. The van der Waals surface area contributed by atoms with Crippen LogP contribution in [0.25, 0.3) is 11.8 Å². The fourth-order valence-corrected chi connectivity index (χ4v) is 4.49. The lowest BCUT2D eigenvalue weighted by atomic mass is 10.2. The van der Waals surface area contributed by atoms with E-state index in [9.17, 15) is 14.7 Å². The average Bonchev–Trinajstić information content (AvgIpc) is 3.26. The summed E-state index contributed by atoms with van der Waals surface area (Å²) in [6, 6.07) is 16.8. The van der Waals surface area contributed by atoms with Gasteiger partial charge in [0.2, 0.25) is 0 Å². The molecule has 1 aliphatic heterocycles. The van der Waals surface area contributed by atoms with Crippen LogP contribution in [-0.2, 0) is 11.2 Å². The van der Waals surface area contributed by atoms with E-state index in [0.717, 1.165) is 34.7 Å². The molecule has 0 atom stereocenters. The van der Waals surface area contributed by atoms with E-state index in [4.69, 9.17) is 0 Å². The number of nitrogens with one attached hydrogen (secondary N) is 1. The van der Waals surface area contributed by atoms with Crippen molar-refractivity contribution in [1.82, 2.24) is 9.88 Å². The maximum atomic E-state index is 12.5. The predicted octanol–water partition coefficient (Wildman–Crippen LogP) is 5.25. The van der Waals surface area contributed by atoms with Crippen molar-refractivity contribution in [2.75, 3.05) is 0 Å². The minimum Gasteiger partial charge on any atom is -0.478 e. The molecule has 0 bridgehead atoms. The molecule has 7 heteroatoms. The lowest BCUT2D eigenvalue weighted by molar-refractivity contribution is -0.115. The zero-order chi connectivity index (χ0) is 22.8. The number of rotatable bonds is 5. The van der Waals surface area contributed by atoms with E-state index in [1.165, 1.54) is 17.3 Å². The topological polar surface area (TPSA) is 83.7 Å². The number of aromatic nitrogens is 1. The van der Waals surface area contributed by atoms with Gasteiger partial charge in [0, 0.05) is 17.1 Å². The van der Waals surface area contributed by atoms with Crippen molar-refractivity contribution in [3.63, 3.8) is 0 Å². The van der Waals surface area contributed by atoms with E-state index in [1.807, 2.05) is 60.9 Å². The first-order valence-electron chi connectivity index (χ1n) is 10.3. The fourth-order valence-electron chi connectivity index (χ4n) is 3.65. The summed E-state index contributed by atoms with van der Waals surface area (Å²) in [5.41, 5.74) is 5.80. The zero-order valence-corrected chi connectivity index (χ0v) is 18.9. The van der Waals surface area contributed by atoms with Crippen molar-refractivity contribution < 1.29 is 14.7 Å². The Morgan fingerprint density at radius 2 is 1.91 bits per heavy atom. The van der Waals surface area contributed by atoms with Crippen molar-refractivity contribution >= 4 is 40.6 Å². The smallest absolute Gasteiger partial charge is 0.335 e. The summed E-state index contributed by atoms with van der Waals surface area (Å²) in [6.07, 6.45) is 2.82. The van der Waals surface area contributed by atoms with Gasteiger partial charge >= 0.3 is 5.97 Å². The molecule has 2 heterocycles. The lowest BCUT2D eigenvalue weighted by Gasteiger charge is -2.10. The summed E-state index contributed by atoms with van der Waals surface area (Å²) in [5.74, 6) is -1.15. The minimum absolute atomic E-state index is 0.184. The number of benzene rings is 2. The molecule has 0 unspecified atom stereocenters. The number of carboxylic acid groups (broad SMARTS) is 1. The molecule has 0 radical (unpaired) electrons. The molecular formula is C25H23N3O3S. The van der Waals surface area contributed by atoms with Gasteiger partial charge in [-0.1, -0.05) is 25.1 Å². The molecular weight excluding hydrogens is 422 g/mol. The van der Waals surface area contributed by atoms with Gasteiger partial charge in [0.1, 0.15) is 0 Å². The molecule has 6 nitrogen and oxygen atoms in total. The van der Waals surface area contributed by atoms with Crippen LogP contribution >= 0.6 is 11.8 Å². The molecule has 162 valence electrons. The third-order valence-corrected chi connectivity index (χ3v) is 6.24. The molecule has 1 amide bonds. The molecule has 2 N–H and O–H groups in total. The average molecular weight is 446 g/mol. The van der Waals surface area contributed by atoms with Gasteiger partial charge in [-0.25, -0.2) is 9.79 Å². The van der Waals surface area contributed by atoms with Gasteiger partial charge in [-0.15, -0.1) is 0 Å². The predicted molar refractivity (Wildman–Crippen MR) is 129 cm³/mol. The Morgan fingerprint density at radius 3 is 2.59 bits per heavy atom. The summed E-state index contributed by atoms with van der Waals surface area (Å²) in [5, 5.41) is 12.7. The second-order valence-corrected chi connectivity index (χ2v) is 8.55. The molecule has 4 rings (SSSR count). The molecule has 1 aliphatic rings. The van der Waals surface area contributed by atoms with E-state index in [0.29, 0.717) is 10.1 Å². The number of carboxylic acids is 1. The Hall–Kier alpha value is -3.58. The number of amides is 1. The van der Waals surface area contributed by atoms with Crippen LogP contribution in [0.5, 0.6) is 0 Å². The highest BCUT2D eigenvalue weighted by atomic mass is 32.2. The lowest BCUT2D eigenvalue weighted by Crippen LogP contribution is -2.19. The standard InChI is InChI=1S/C25H23N3O3S/c1-4-17-8-10-20(11-9-17)26-25-27-23(29)22(32-25)14-19-12-15(2)28(16(19)3)21-7-5-6-18(13-21)24(30)31/h5-14H,4H2,1-3H3,(H,30,31)(H,26,27,29)/b22-14-. The second-order valence-electron chi connectivity index (χ2n) is 7.52. The van der Waals surface area contributed by atoms with Crippen LogP contribution in [0.1, 0.15) is 39.8 Å². The van der Waals surface area contributed by atoms with Crippen molar-refractivity contribution in [3.8, 4) is 5.69 Å². The number of carbonyl (C=O) groups excluding carboxylic acids is 1. The largest absolute Gasteiger partial charge is 0.478 e. The van der Waals surface area contributed by atoms with Crippen LogP contribution < -0.4 is 5.32 Å². The summed E-state index contributed by atoms with van der Waals surface area (Å²) in [6.45, 7) is 6.01. The number of hydrogen-bond donors (Lipinski definition) is 2. The normalized spacial score (nSPS) is 16.0. The van der Waals surface area contributed by atoms with Crippen molar-refractivity contribution in [2.24, 2.45) is 4.99 Å². The number of nitrogens with zero attached hydrogens (tertiary/aromatic N) is 2. The van der Waals surface area contributed by atoms with Gasteiger partial charge in [0.25, 0.3) is 5.91 Å². The van der Waals surface area contributed by atoms with Crippen LogP contribution in [0, 0.1) is 13.8 Å². The third kappa shape index (κ3) is 4.38. The number of aliphatic imine (C=N–C) groups is 1. The first-order chi connectivity index (χ1) is 15.4. The number of hydrogen-bond acceptors (Lipinski definition) is 4. The van der Waals surface area contributed by atoms with Crippen LogP contribution in [0.4, 0.5) is 5.69 Å². The summed E-state index contributed by atoms with van der Waals surface area (Å²) >= 11 is 1.31. The van der Waals surface area contributed by atoms with E-state index in [2.05, 4.69) is 17.2 Å². The highest BCUT2D eigenvalue weighted by Gasteiger charge is 2.24. The van der Waals surface area contributed by atoms with Crippen molar-refractivity contribution in [1.29, 1.82) is 0 Å². The highest BCUT2D eigenvalue weighted by Crippen LogP contribution is 2.30. The van der Waals surface area contributed by atoms with Crippen molar-refractivity contribution in [2.45, 2.75) is 27.2 Å². The summed E-state index contributed by atoms with van der Waals surface area (Å²) in [7, 11) is 0. The maximum Gasteiger partial charge on any atom is 0.335 e. The number of carbonyl (C=O) groups is 2. The van der Waals surface area contributed by atoms with E-state index in [-0.39, 0.29) is 11.5 Å². The molecule has 0 aliphatic carbocycles. The van der Waals surface area contributed by atoms with Gasteiger partial charge < -0.3 is 15.0 Å². The van der Waals surface area contributed by atoms with E-state index in [1.54, 1.807) is 18.2 Å². The molecule has 0 spiro atoms. The van der Waals surface area contributed by atoms with E-state index >= 15 is 0 Å². The fraction of sp³-hybridized carbons (Fsp3) is 0.160. The molecule has 1 aromatic heterocycles. The third-order valence-electron chi connectivity index (χ3n) is 5.33. The second kappa shape index (κ2) is 8.88. The van der Waals surface area contributed by atoms with Crippen LogP contribution in [0.2, 0.25) is 0 Å². The number of thioether (sulfide) groups is 1. The van der Waals surface area contributed by atoms with Gasteiger partial charge in [0.05, 0.1) is 16.2 Å². The maximum absolute atomic E-state index is 12.5. The van der Waals surface area contributed by atoms with Crippen LogP contribution in [-0.4, -0.2) is 26.7 Å². The van der Waals surface area contributed by atoms with E-state index < -0.39 is 5.97 Å². The molecule has 2 aromatic carbocycles. The van der Waals surface area contributed by atoms with Gasteiger partial charge in [-0.2, -0.15) is 0 Å². The highest BCUT2D eigenvalue weighted by molar-refractivity contribution is 8.18. The number of aromatic carboxylic acids is 1. The first-order valence-corrected chi connectivity index (χ1v) is 11.1. The Bertz CT molecular complexity index is 1270. The monoisotopic (exact) mass is 445 g/mol.